The summed E-state index contributed by atoms with van der Waals surface area (Å²) in [5, 5.41) is 2.80. The second kappa shape index (κ2) is 23.7. The van der Waals surface area contributed by atoms with Crippen molar-refractivity contribution in [2.24, 2.45) is 23.7 Å². The summed E-state index contributed by atoms with van der Waals surface area (Å²) < 4.78 is 0. The van der Waals surface area contributed by atoms with Gasteiger partial charge in [0.25, 0.3) is 0 Å². The van der Waals surface area contributed by atoms with Crippen molar-refractivity contribution in [2.75, 3.05) is 0 Å². The van der Waals surface area contributed by atoms with E-state index in [1.165, 1.54) is 78.0 Å². The Morgan fingerprint density at radius 1 is 0.410 bits per heavy atom. The van der Waals surface area contributed by atoms with E-state index in [0.717, 1.165) is 29.6 Å². The molecule has 0 radical (unpaired) electrons. The van der Waals surface area contributed by atoms with Gasteiger partial charge in [-0.25, -0.2) is 0 Å². The summed E-state index contributed by atoms with van der Waals surface area (Å²) in [5.74, 6) is 7.19. The molecule has 5 aromatic rings. The van der Waals surface area contributed by atoms with Crippen molar-refractivity contribution in [2.45, 2.75) is 191 Å². The van der Waals surface area contributed by atoms with E-state index in [-0.39, 0.29) is 0 Å². The van der Waals surface area contributed by atoms with Crippen molar-refractivity contribution >= 4 is 10.8 Å². The first-order valence-corrected chi connectivity index (χ1v) is 24.7. The van der Waals surface area contributed by atoms with E-state index >= 15 is 0 Å². The van der Waals surface area contributed by atoms with Crippen LogP contribution in [0.5, 0.6) is 0 Å². The second-order valence-corrected chi connectivity index (χ2v) is 21.3. The van der Waals surface area contributed by atoms with Crippen molar-refractivity contribution in [3.05, 3.63) is 153 Å². The average molecular weight is 821 g/mol. The largest absolute Gasteiger partial charge is 0.0625 e. The highest BCUT2D eigenvalue weighted by atomic mass is 14.3. The lowest BCUT2D eigenvalue weighted by Gasteiger charge is -2.32. The quantitative estimate of drug-likeness (QED) is 0.132. The summed E-state index contributed by atoms with van der Waals surface area (Å²) in [4.78, 5) is 0. The Morgan fingerprint density at radius 3 is 1.41 bits per heavy atom. The van der Waals surface area contributed by atoms with Crippen molar-refractivity contribution in [1.82, 2.24) is 0 Å². The van der Waals surface area contributed by atoms with Crippen molar-refractivity contribution in [3.8, 4) is 0 Å². The number of hydrogen-bond donors (Lipinski definition) is 0. The van der Waals surface area contributed by atoms with Gasteiger partial charge < -0.3 is 0 Å². The third-order valence-corrected chi connectivity index (χ3v) is 13.3. The maximum Gasteiger partial charge on any atom is -0.0130 e. The van der Waals surface area contributed by atoms with Gasteiger partial charge in [-0.2, -0.15) is 0 Å². The molecule has 0 nitrogen and oxygen atoms in total. The van der Waals surface area contributed by atoms with Crippen LogP contribution in [0.4, 0.5) is 0 Å². The van der Waals surface area contributed by atoms with Crippen LogP contribution >= 0.6 is 0 Å². The number of fused-ring (bicyclic) bond motifs is 3. The zero-order chi connectivity index (χ0) is 45.0. The van der Waals surface area contributed by atoms with Crippen LogP contribution in [0.1, 0.15) is 221 Å². The Balaban J connectivity index is 0.000000180. The summed E-state index contributed by atoms with van der Waals surface area (Å²) in [5.41, 5.74) is 15.9. The lowest BCUT2D eigenvalue weighted by atomic mass is 9.73. The molecule has 5 aromatic carbocycles. The maximum absolute atomic E-state index is 2.37. The van der Waals surface area contributed by atoms with Gasteiger partial charge in [0.2, 0.25) is 0 Å². The third kappa shape index (κ3) is 13.7. The molecule has 61 heavy (non-hydrogen) atoms. The summed E-state index contributed by atoms with van der Waals surface area (Å²) in [6, 6.07) is 35.9. The number of aryl methyl sites for hydroxylation is 2. The monoisotopic (exact) mass is 821 g/mol. The molecule has 0 saturated heterocycles. The summed E-state index contributed by atoms with van der Waals surface area (Å²) in [6.45, 7) is 37.0. The predicted octanol–water partition coefficient (Wildman–Crippen LogP) is 18.6. The Kier molecular flexibility index (Phi) is 19.4. The van der Waals surface area contributed by atoms with Gasteiger partial charge in [0.1, 0.15) is 0 Å². The lowest BCUT2D eigenvalue weighted by molar-refractivity contribution is 0.429. The molecule has 2 unspecified atom stereocenters. The molecule has 0 fully saturated rings. The highest BCUT2D eigenvalue weighted by Crippen LogP contribution is 2.43. The van der Waals surface area contributed by atoms with Gasteiger partial charge in [0, 0.05) is 0 Å². The normalized spacial score (nSPS) is 15.9. The van der Waals surface area contributed by atoms with Crippen LogP contribution < -0.4 is 0 Å². The standard InChI is InChI=1S/C17H22.C16H24.C15H22.C13H20/c1-12(2)11-15-10-9-14-7-5-6-8-16(14)17(15)13(3)4;1-11(2)14-9-5-7-13-8-6-10-15(12(3)4)16(13)14;1-10(2)13-7-5-6-12-8-9-14(11(3)4)15(12)13;1-10(2)9-12-7-5-6-8-13(12)11(3)4/h5-10,12-13H,11H2,1-4H3;5,7,9,11-12,15H,6,8,10H2,1-4H3;5-7,10-11,14H,8-9H2,1-4H3;5-8,10-11H,9H2,1-4H3. The minimum Gasteiger partial charge on any atom is -0.0625 e. The van der Waals surface area contributed by atoms with E-state index in [0.29, 0.717) is 29.6 Å². The highest BCUT2D eigenvalue weighted by Gasteiger charge is 2.28. The van der Waals surface area contributed by atoms with Crippen molar-refractivity contribution in [3.63, 3.8) is 0 Å². The van der Waals surface area contributed by atoms with Gasteiger partial charge in [-0.15, -0.1) is 0 Å². The Hall–Kier alpha value is -3.64. The fourth-order valence-corrected chi connectivity index (χ4v) is 10.4. The van der Waals surface area contributed by atoms with Gasteiger partial charge in [-0.3, -0.25) is 0 Å². The van der Waals surface area contributed by atoms with Gasteiger partial charge in [0.15, 0.2) is 0 Å². The number of hydrogen-bond acceptors (Lipinski definition) is 0. The second-order valence-electron chi connectivity index (χ2n) is 21.3. The van der Waals surface area contributed by atoms with Gasteiger partial charge in [-0.05, 0) is 171 Å². The lowest BCUT2D eigenvalue weighted by Crippen LogP contribution is -2.17. The molecule has 0 heterocycles. The van der Waals surface area contributed by atoms with E-state index in [1.54, 1.807) is 33.4 Å². The van der Waals surface area contributed by atoms with Crippen LogP contribution in [0.3, 0.4) is 0 Å². The number of benzene rings is 5. The highest BCUT2D eigenvalue weighted by molar-refractivity contribution is 5.87. The zero-order valence-corrected chi connectivity index (χ0v) is 42.0. The molecule has 0 saturated carbocycles. The first kappa shape index (κ1) is 50.0. The molecular formula is C61H88. The van der Waals surface area contributed by atoms with E-state index in [1.807, 2.05) is 0 Å². The van der Waals surface area contributed by atoms with Crippen LogP contribution in [0.15, 0.2) is 97.1 Å². The smallest absolute Gasteiger partial charge is 0.0130 e. The van der Waals surface area contributed by atoms with E-state index in [4.69, 9.17) is 0 Å². The molecule has 7 rings (SSSR count). The van der Waals surface area contributed by atoms with E-state index in [2.05, 4.69) is 208 Å². The number of rotatable bonds is 10. The fraction of sp³-hybridized carbons (Fsp3) is 0.541. The Labute approximate surface area is 376 Å². The average Bonchev–Trinajstić information content (AvgIpc) is 3.65. The fourth-order valence-electron chi connectivity index (χ4n) is 10.4. The molecular weight excluding hydrogens is 733 g/mol. The Bertz CT molecular complexity index is 2060. The molecule has 0 amide bonds. The molecule has 0 bridgehead atoms. The molecule has 332 valence electrons. The third-order valence-electron chi connectivity index (χ3n) is 13.3. The molecule has 2 aliphatic carbocycles. The van der Waals surface area contributed by atoms with E-state index in [9.17, 15) is 0 Å². The van der Waals surface area contributed by atoms with Gasteiger partial charge in [0.05, 0.1) is 0 Å². The van der Waals surface area contributed by atoms with Gasteiger partial charge in [-0.1, -0.05) is 208 Å². The first-order chi connectivity index (χ1) is 28.9. The molecule has 2 aliphatic rings. The molecule has 0 N–H and O–H groups in total. The SMILES string of the molecule is CC(C)Cc1ccc2ccccc2c1C(C)C.CC(C)Cc1ccccc1C(C)C.CC(C)c1cccc2c1C(C(C)C)CC2.CC(C)c1cccc2c1C(C(C)C)CCC2. The minimum atomic E-state index is 0.592. The minimum absolute atomic E-state index is 0.592. The molecule has 0 spiro atoms. The van der Waals surface area contributed by atoms with Crippen molar-refractivity contribution < 1.29 is 0 Å². The van der Waals surface area contributed by atoms with E-state index < -0.39 is 0 Å². The topological polar surface area (TPSA) is 0 Å². The molecule has 0 heteroatoms. The first-order valence-electron chi connectivity index (χ1n) is 24.7. The zero-order valence-electron chi connectivity index (χ0n) is 42.0. The van der Waals surface area contributed by atoms with Crippen molar-refractivity contribution in [1.29, 1.82) is 0 Å². The molecule has 0 aromatic heterocycles. The molecule has 2 atom stereocenters. The Morgan fingerprint density at radius 2 is 0.885 bits per heavy atom. The van der Waals surface area contributed by atoms with Crippen LogP contribution in [-0.4, -0.2) is 0 Å². The summed E-state index contributed by atoms with van der Waals surface area (Å²) in [6.07, 6.45) is 9.08. The van der Waals surface area contributed by atoms with Crippen LogP contribution in [0, 0.1) is 23.7 Å². The maximum atomic E-state index is 2.37. The summed E-state index contributed by atoms with van der Waals surface area (Å²) in [7, 11) is 0. The van der Waals surface area contributed by atoms with Crippen LogP contribution in [-0.2, 0) is 25.7 Å². The molecule has 0 aliphatic heterocycles. The summed E-state index contributed by atoms with van der Waals surface area (Å²) >= 11 is 0. The predicted molar refractivity (Wildman–Crippen MR) is 273 cm³/mol. The van der Waals surface area contributed by atoms with Crippen LogP contribution in [0.2, 0.25) is 0 Å². The van der Waals surface area contributed by atoms with Gasteiger partial charge >= 0.3 is 0 Å². The van der Waals surface area contributed by atoms with Crippen LogP contribution in [0.25, 0.3) is 10.8 Å².